The quantitative estimate of drug-likeness (QED) is 0.824. The highest BCUT2D eigenvalue weighted by atomic mass is 32.1. The molecule has 116 valence electrons. The molecule has 3 rings (SSSR count). The minimum absolute atomic E-state index is 0.0992. The van der Waals surface area contributed by atoms with Crippen LogP contribution in [0.5, 0.6) is 0 Å². The summed E-state index contributed by atoms with van der Waals surface area (Å²) in [5.41, 5.74) is 3.50. The lowest BCUT2D eigenvalue weighted by Crippen LogP contribution is -2.28. The molecule has 3 heteroatoms. The Morgan fingerprint density at radius 1 is 1.18 bits per heavy atom. The highest BCUT2D eigenvalue weighted by molar-refractivity contribution is 7.10. The van der Waals surface area contributed by atoms with Crippen LogP contribution in [0, 0.1) is 0 Å². The molecule has 0 saturated carbocycles. The summed E-state index contributed by atoms with van der Waals surface area (Å²) < 4.78 is 0. The first-order chi connectivity index (χ1) is 10.8. The van der Waals surface area contributed by atoms with Crippen LogP contribution >= 0.6 is 11.3 Å². The van der Waals surface area contributed by atoms with E-state index in [1.54, 1.807) is 11.3 Å². The molecule has 1 heterocycles. The fraction of sp³-hybridized carbons (Fsp3) is 0.421. The van der Waals surface area contributed by atoms with Crippen molar-refractivity contribution in [2.45, 2.75) is 44.9 Å². The second kappa shape index (κ2) is 7.10. The van der Waals surface area contributed by atoms with Gasteiger partial charge in [-0.2, -0.15) is 0 Å². The zero-order valence-corrected chi connectivity index (χ0v) is 13.9. The van der Waals surface area contributed by atoms with Gasteiger partial charge in [-0.25, -0.2) is 0 Å². The summed E-state index contributed by atoms with van der Waals surface area (Å²) >= 11 is 1.76. The van der Waals surface area contributed by atoms with Crippen LogP contribution in [0.1, 0.15) is 58.5 Å². The van der Waals surface area contributed by atoms with Crippen molar-refractivity contribution in [3.05, 3.63) is 57.3 Å². The van der Waals surface area contributed by atoms with Crippen molar-refractivity contribution in [2.24, 2.45) is 0 Å². The number of rotatable bonds is 4. The largest absolute Gasteiger partial charge is 0.351 e. The molecule has 1 aromatic heterocycles. The molecule has 2 aromatic rings. The fourth-order valence-corrected chi connectivity index (χ4v) is 4.23. The number of carbonyl (C=O) groups excluding carboxylic acids is 1. The Hall–Kier alpha value is -1.61. The second-order valence-electron chi connectivity index (χ2n) is 6.13. The van der Waals surface area contributed by atoms with Gasteiger partial charge in [0.15, 0.2) is 0 Å². The maximum absolute atomic E-state index is 12.5. The molecular weight excluding hydrogens is 290 g/mol. The molecule has 0 saturated heterocycles. The number of carbonyl (C=O) groups is 1. The van der Waals surface area contributed by atoms with E-state index >= 15 is 0 Å². The van der Waals surface area contributed by atoms with E-state index in [2.05, 4.69) is 29.8 Å². The lowest BCUT2D eigenvalue weighted by atomic mass is 10.0. The Morgan fingerprint density at radius 3 is 2.77 bits per heavy atom. The molecule has 0 fully saturated rings. The molecule has 1 N–H and O–H groups in total. The summed E-state index contributed by atoms with van der Waals surface area (Å²) in [5, 5.41) is 5.18. The predicted molar refractivity (Wildman–Crippen MR) is 92.8 cm³/mol. The number of amides is 1. The zero-order chi connectivity index (χ0) is 15.4. The third kappa shape index (κ3) is 3.41. The third-order valence-corrected chi connectivity index (χ3v) is 5.58. The standard InChI is InChI=1S/C19H23NOS/c1-14(15-8-4-2-5-9-15)12-20-19(21)17-13-22-18-11-7-3-6-10-16(17)18/h2,4-5,8-9,13-14H,3,6-7,10-12H2,1H3,(H,20,21)/t14-/m1/s1. The second-order valence-corrected chi connectivity index (χ2v) is 7.10. The van der Waals surface area contributed by atoms with Gasteiger partial charge in [-0.1, -0.05) is 43.7 Å². The molecule has 22 heavy (non-hydrogen) atoms. The summed E-state index contributed by atoms with van der Waals surface area (Å²) in [7, 11) is 0. The average molecular weight is 313 g/mol. The van der Waals surface area contributed by atoms with Crippen molar-refractivity contribution in [2.75, 3.05) is 6.54 Å². The third-order valence-electron chi connectivity index (χ3n) is 4.49. The van der Waals surface area contributed by atoms with E-state index in [-0.39, 0.29) is 5.91 Å². The first kappa shape index (κ1) is 15.3. The number of thiophene rings is 1. The molecule has 0 bridgehead atoms. The maximum Gasteiger partial charge on any atom is 0.252 e. The first-order valence-corrected chi connectivity index (χ1v) is 9.06. The Kier molecular flexibility index (Phi) is 4.94. The molecule has 1 aliphatic carbocycles. The van der Waals surface area contributed by atoms with Crippen molar-refractivity contribution >= 4 is 17.2 Å². The number of hydrogen-bond acceptors (Lipinski definition) is 2. The molecule has 1 atom stereocenters. The molecule has 1 aromatic carbocycles. The van der Waals surface area contributed by atoms with Crippen molar-refractivity contribution in [1.29, 1.82) is 0 Å². The number of nitrogens with one attached hydrogen (secondary N) is 1. The summed E-state index contributed by atoms with van der Waals surface area (Å²) in [6.45, 7) is 2.84. The molecular formula is C19H23NOS. The molecule has 1 amide bonds. The Morgan fingerprint density at radius 2 is 1.95 bits per heavy atom. The van der Waals surface area contributed by atoms with Crippen LogP contribution in [0.4, 0.5) is 0 Å². The van der Waals surface area contributed by atoms with E-state index in [9.17, 15) is 4.79 Å². The first-order valence-electron chi connectivity index (χ1n) is 8.18. The minimum atomic E-state index is 0.0992. The van der Waals surface area contributed by atoms with Crippen LogP contribution in [0.2, 0.25) is 0 Å². The minimum Gasteiger partial charge on any atom is -0.351 e. The zero-order valence-electron chi connectivity index (χ0n) is 13.1. The number of fused-ring (bicyclic) bond motifs is 1. The van der Waals surface area contributed by atoms with Gasteiger partial charge < -0.3 is 5.32 Å². The van der Waals surface area contributed by atoms with Gasteiger partial charge in [-0.15, -0.1) is 11.3 Å². The van der Waals surface area contributed by atoms with Gasteiger partial charge in [-0.3, -0.25) is 4.79 Å². The van der Waals surface area contributed by atoms with Crippen molar-refractivity contribution in [3.63, 3.8) is 0 Å². The summed E-state index contributed by atoms with van der Waals surface area (Å²) in [6.07, 6.45) is 5.97. The van der Waals surface area contributed by atoms with Gasteiger partial charge in [0.25, 0.3) is 5.91 Å². The SMILES string of the molecule is C[C@H](CNC(=O)c1csc2c1CCCCC2)c1ccccc1. The van der Waals surface area contributed by atoms with Crippen molar-refractivity contribution in [3.8, 4) is 0 Å². The molecule has 0 aliphatic heterocycles. The van der Waals surface area contributed by atoms with Crippen molar-refractivity contribution < 1.29 is 4.79 Å². The van der Waals surface area contributed by atoms with Gasteiger partial charge in [0, 0.05) is 16.8 Å². The smallest absolute Gasteiger partial charge is 0.252 e. The fourth-order valence-electron chi connectivity index (χ4n) is 3.10. The van der Waals surface area contributed by atoms with E-state index < -0.39 is 0 Å². The monoisotopic (exact) mass is 313 g/mol. The average Bonchev–Trinajstić information content (AvgIpc) is 2.82. The normalized spacial score (nSPS) is 15.7. The summed E-state index contributed by atoms with van der Waals surface area (Å²) in [4.78, 5) is 14.0. The Balaban J connectivity index is 1.64. The van der Waals surface area contributed by atoms with Gasteiger partial charge >= 0.3 is 0 Å². The predicted octanol–water partition coefficient (Wildman–Crippen LogP) is 4.55. The Bertz CT molecular complexity index is 632. The van der Waals surface area contributed by atoms with E-state index in [0.29, 0.717) is 12.5 Å². The highest BCUT2D eigenvalue weighted by Gasteiger charge is 2.19. The van der Waals surface area contributed by atoms with Crippen LogP contribution in [-0.2, 0) is 12.8 Å². The lowest BCUT2D eigenvalue weighted by Gasteiger charge is -2.13. The van der Waals surface area contributed by atoms with Gasteiger partial charge in [0.1, 0.15) is 0 Å². The van der Waals surface area contributed by atoms with E-state index in [4.69, 9.17) is 0 Å². The van der Waals surface area contributed by atoms with Crippen molar-refractivity contribution in [1.82, 2.24) is 5.32 Å². The van der Waals surface area contributed by atoms with Crippen LogP contribution in [0.3, 0.4) is 0 Å². The van der Waals surface area contributed by atoms with E-state index in [1.165, 1.54) is 35.3 Å². The molecule has 0 spiro atoms. The number of aryl methyl sites for hydroxylation is 1. The van der Waals surface area contributed by atoms with Crippen LogP contribution in [0.25, 0.3) is 0 Å². The Labute approximate surface area is 136 Å². The van der Waals surface area contributed by atoms with Crippen LogP contribution in [-0.4, -0.2) is 12.5 Å². The van der Waals surface area contributed by atoms with Gasteiger partial charge in [-0.05, 0) is 42.7 Å². The molecule has 2 nitrogen and oxygen atoms in total. The lowest BCUT2D eigenvalue weighted by molar-refractivity contribution is 0.0951. The van der Waals surface area contributed by atoms with E-state index in [0.717, 1.165) is 18.4 Å². The molecule has 0 unspecified atom stereocenters. The maximum atomic E-state index is 12.5. The van der Waals surface area contributed by atoms with Crippen LogP contribution < -0.4 is 5.32 Å². The van der Waals surface area contributed by atoms with Gasteiger partial charge in [0.05, 0.1) is 5.56 Å². The number of hydrogen-bond donors (Lipinski definition) is 1. The topological polar surface area (TPSA) is 29.1 Å². The molecule has 0 radical (unpaired) electrons. The number of benzene rings is 1. The van der Waals surface area contributed by atoms with Gasteiger partial charge in [0.2, 0.25) is 0 Å². The van der Waals surface area contributed by atoms with Crippen LogP contribution in [0.15, 0.2) is 35.7 Å². The van der Waals surface area contributed by atoms with E-state index in [1.807, 2.05) is 18.2 Å². The summed E-state index contributed by atoms with van der Waals surface area (Å²) in [6, 6.07) is 10.4. The molecule has 1 aliphatic rings. The summed E-state index contributed by atoms with van der Waals surface area (Å²) in [5.74, 6) is 0.435. The highest BCUT2D eigenvalue weighted by Crippen LogP contribution is 2.29.